The second-order valence-electron chi connectivity index (χ2n) is 3.96. The summed E-state index contributed by atoms with van der Waals surface area (Å²) < 4.78 is 5.60. The van der Waals surface area contributed by atoms with E-state index >= 15 is 0 Å². The van der Waals surface area contributed by atoms with E-state index in [1.165, 1.54) is 0 Å². The Balaban J connectivity index is 2.23. The third kappa shape index (κ3) is 2.38. The minimum absolute atomic E-state index is 0.138. The molecular formula is C13H15ClO2. The molecule has 0 fully saturated rings. The molecule has 0 bridgehead atoms. The van der Waals surface area contributed by atoms with E-state index in [9.17, 15) is 4.79 Å². The average Bonchev–Trinajstić information content (AvgIpc) is 2.35. The zero-order valence-corrected chi connectivity index (χ0v) is 9.93. The van der Waals surface area contributed by atoms with Crippen LogP contribution in [0.2, 0.25) is 0 Å². The van der Waals surface area contributed by atoms with Gasteiger partial charge in [-0.1, -0.05) is 12.1 Å². The molecule has 0 aromatic heterocycles. The van der Waals surface area contributed by atoms with Crippen LogP contribution in [0.4, 0.5) is 0 Å². The highest BCUT2D eigenvalue weighted by atomic mass is 35.5. The summed E-state index contributed by atoms with van der Waals surface area (Å²) in [5.41, 5.74) is 1.88. The fraction of sp³-hybridized carbons (Fsp3) is 0.462. The smallest absolute Gasteiger partial charge is 0.166 e. The van der Waals surface area contributed by atoms with Crippen LogP contribution in [0.1, 0.15) is 35.2 Å². The van der Waals surface area contributed by atoms with Crippen LogP contribution < -0.4 is 4.74 Å². The van der Waals surface area contributed by atoms with Crippen LogP contribution in [0.25, 0.3) is 0 Å². The van der Waals surface area contributed by atoms with Crippen molar-refractivity contribution in [2.75, 3.05) is 12.5 Å². The van der Waals surface area contributed by atoms with Crippen molar-refractivity contribution in [3.05, 3.63) is 29.3 Å². The van der Waals surface area contributed by atoms with Gasteiger partial charge < -0.3 is 4.74 Å². The van der Waals surface area contributed by atoms with E-state index in [0.717, 1.165) is 36.1 Å². The van der Waals surface area contributed by atoms with Crippen LogP contribution in [0.15, 0.2) is 18.2 Å². The summed E-state index contributed by atoms with van der Waals surface area (Å²) in [6, 6.07) is 5.81. The molecule has 1 aromatic rings. The van der Waals surface area contributed by atoms with Gasteiger partial charge in [0.25, 0.3) is 0 Å². The van der Waals surface area contributed by atoms with Gasteiger partial charge in [-0.15, -0.1) is 11.6 Å². The first kappa shape index (κ1) is 11.5. The number of carbonyl (C=O) groups is 1. The van der Waals surface area contributed by atoms with E-state index in [0.29, 0.717) is 18.9 Å². The van der Waals surface area contributed by atoms with Gasteiger partial charge in [-0.2, -0.15) is 0 Å². The number of ketones is 1. The summed E-state index contributed by atoms with van der Waals surface area (Å²) in [5.74, 6) is 1.47. The van der Waals surface area contributed by atoms with Crippen molar-refractivity contribution >= 4 is 17.4 Å². The largest absolute Gasteiger partial charge is 0.493 e. The lowest BCUT2D eigenvalue weighted by Crippen LogP contribution is -2.12. The van der Waals surface area contributed by atoms with Gasteiger partial charge in [0.2, 0.25) is 0 Å². The molecule has 16 heavy (non-hydrogen) atoms. The second kappa shape index (κ2) is 5.35. The van der Waals surface area contributed by atoms with Crippen molar-refractivity contribution in [3.8, 4) is 5.75 Å². The molecule has 0 radical (unpaired) electrons. The number of ether oxygens (including phenoxy) is 1. The number of aryl methyl sites for hydroxylation is 1. The molecule has 0 saturated heterocycles. The Bertz CT molecular complexity index is 388. The Hall–Kier alpha value is -1.02. The van der Waals surface area contributed by atoms with E-state index in [4.69, 9.17) is 16.3 Å². The minimum atomic E-state index is 0.138. The van der Waals surface area contributed by atoms with E-state index < -0.39 is 0 Å². The molecular weight excluding hydrogens is 224 g/mol. The number of halogens is 1. The van der Waals surface area contributed by atoms with E-state index in [2.05, 4.69) is 0 Å². The first-order valence-electron chi connectivity index (χ1n) is 5.67. The van der Waals surface area contributed by atoms with Crippen LogP contribution in [0, 0.1) is 0 Å². The minimum Gasteiger partial charge on any atom is -0.493 e. The molecule has 0 N–H and O–H groups in total. The Labute approximate surface area is 101 Å². The van der Waals surface area contributed by atoms with Crippen LogP contribution in [0.3, 0.4) is 0 Å². The topological polar surface area (TPSA) is 26.3 Å². The van der Waals surface area contributed by atoms with Gasteiger partial charge in [-0.25, -0.2) is 0 Å². The predicted molar refractivity (Wildman–Crippen MR) is 64.5 cm³/mol. The quantitative estimate of drug-likeness (QED) is 0.595. The number of carbonyl (C=O) groups excluding carboxylic acids is 1. The van der Waals surface area contributed by atoms with Crippen LogP contribution in [-0.2, 0) is 6.42 Å². The highest BCUT2D eigenvalue weighted by molar-refractivity contribution is 6.18. The monoisotopic (exact) mass is 238 g/mol. The van der Waals surface area contributed by atoms with Crippen molar-refractivity contribution in [3.63, 3.8) is 0 Å². The molecule has 1 aliphatic heterocycles. The summed E-state index contributed by atoms with van der Waals surface area (Å²) in [4.78, 5) is 11.9. The molecule has 2 nitrogen and oxygen atoms in total. The molecule has 0 amide bonds. The summed E-state index contributed by atoms with van der Waals surface area (Å²) in [5, 5.41) is 0. The Morgan fingerprint density at radius 3 is 3.12 bits per heavy atom. The maximum Gasteiger partial charge on any atom is 0.166 e. The fourth-order valence-electron chi connectivity index (χ4n) is 1.97. The van der Waals surface area contributed by atoms with Gasteiger partial charge in [-0.05, 0) is 30.9 Å². The molecule has 1 aliphatic rings. The summed E-state index contributed by atoms with van der Waals surface area (Å²) in [6.45, 7) is 0.715. The molecule has 2 rings (SSSR count). The number of fused-ring (bicyclic) bond motifs is 1. The van der Waals surface area contributed by atoms with Crippen molar-refractivity contribution in [1.82, 2.24) is 0 Å². The molecule has 0 saturated carbocycles. The first-order chi connectivity index (χ1) is 7.83. The number of hydrogen-bond donors (Lipinski definition) is 0. The third-order valence-corrected chi connectivity index (χ3v) is 3.04. The number of rotatable bonds is 4. The predicted octanol–water partition coefficient (Wildman–Crippen LogP) is 3.21. The number of Topliss-reactive ketones (excluding diaryl/α,β-unsaturated/α-hetero) is 1. The van der Waals surface area contributed by atoms with Crippen molar-refractivity contribution in [2.24, 2.45) is 0 Å². The zero-order chi connectivity index (χ0) is 11.4. The van der Waals surface area contributed by atoms with Crippen LogP contribution in [0.5, 0.6) is 5.75 Å². The molecule has 0 unspecified atom stereocenters. The van der Waals surface area contributed by atoms with Crippen molar-refractivity contribution < 1.29 is 9.53 Å². The van der Waals surface area contributed by atoms with Gasteiger partial charge in [0.15, 0.2) is 5.78 Å². The molecule has 1 aromatic carbocycles. The van der Waals surface area contributed by atoms with Gasteiger partial charge in [0.05, 0.1) is 12.2 Å². The Morgan fingerprint density at radius 1 is 1.44 bits per heavy atom. The van der Waals surface area contributed by atoms with Gasteiger partial charge in [0.1, 0.15) is 5.75 Å². The molecule has 0 aliphatic carbocycles. The summed E-state index contributed by atoms with van der Waals surface area (Å²) in [7, 11) is 0. The number of hydrogen-bond acceptors (Lipinski definition) is 2. The maximum atomic E-state index is 11.9. The molecule has 0 atom stereocenters. The maximum absolute atomic E-state index is 11.9. The van der Waals surface area contributed by atoms with Gasteiger partial charge in [0, 0.05) is 12.3 Å². The standard InChI is InChI=1S/C13H15ClO2/c14-8-2-7-12(15)11-6-1-4-10-5-3-9-16-13(10)11/h1,4,6H,2-3,5,7-9H2. The van der Waals surface area contributed by atoms with Crippen molar-refractivity contribution in [1.29, 1.82) is 0 Å². The highest BCUT2D eigenvalue weighted by Crippen LogP contribution is 2.29. The zero-order valence-electron chi connectivity index (χ0n) is 9.17. The van der Waals surface area contributed by atoms with Crippen LogP contribution >= 0.6 is 11.6 Å². The average molecular weight is 239 g/mol. The lowest BCUT2D eigenvalue weighted by molar-refractivity contribution is 0.0977. The molecule has 1 heterocycles. The first-order valence-corrected chi connectivity index (χ1v) is 6.20. The van der Waals surface area contributed by atoms with E-state index in [-0.39, 0.29) is 5.78 Å². The van der Waals surface area contributed by atoms with Crippen molar-refractivity contribution in [2.45, 2.75) is 25.7 Å². The highest BCUT2D eigenvalue weighted by Gasteiger charge is 2.18. The number of alkyl halides is 1. The SMILES string of the molecule is O=C(CCCCl)c1cccc2c1OCCC2. The Kier molecular flexibility index (Phi) is 3.83. The van der Waals surface area contributed by atoms with Gasteiger partial charge in [-0.3, -0.25) is 4.79 Å². The molecule has 3 heteroatoms. The lowest BCUT2D eigenvalue weighted by atomic mass is 9.98. The third-order valence-electron chi connectivity index (χ3n) is 2.77. The Morgan fingerprint density at radius 2 is 2.31 bits per heavy atom. The summed E-state index contributed by atoms with van der Waals surface area (Å²) >= 11 is 5.59. The van der Waals surface area contributed by atoms with Crippen LogP contribution in [-0.4, -0.2) is 18.3 Å². The molecule has 86 valence electrons. The second-order valence-corrected chi connectivity index (χ2v) is 4.34. The van der Waals surface area contributed by atoms with E-state index in [1.807, 2.05) is 18.2 Å². The fourth-order valence-corrected chi connectivity index (χ4v) is 2.10. The molecule has 0 spiro atoms. The lowest BCUT2D eigenvalue weighted by Gasteiger charge is -2.19. The normalized spacial score (nSPS) is 14.1. The van der Waals surface area contributed by atoms with E-state index in [1.54, 1.807) is 0 Å². The number of para-hydroxylation sites is 1. The summed E-state index contributed by atoms with van der Waals surface area (Å²) in [6.07, 6.45) is 3.27. The van der Waals surface area contributed by atoms with Gasteiger partial charge >= 0.3 is 0 Å². The number of benzene rings is 1.